The quantitative estimate of drug-likeness (QED) is 0.770. The van der Waals surface area contributed by atoms with Crippen LogP contribution in [0.3, 0.4) is 0 Å². The molecule has 24 heavy (non-hydrogen) atoms. The van der Waals surface area contributed by atoms with Crippen LogP contribution in [0.5, 0.6) is 5.75 Å². The number of carbonyl (C=O) groups is 2. The number of hydrogen-bond donors (Lipinski definition) is 0. The number of piperidine rings is 1. The molecule has 0 N–H and O–H groups in total. The molecule has 0 aliphatic carbocycles. The van der Waals surface area contributed by atoms with E-state index in [9.17, 15) is 9.59 Å². The van der Waals surface area contributed by atoms with Gasteiger partial charge in [-0.1, -0.05) is 0 Å². The average molecular weight is 369 g/mol. The van der Waals surface area contributed by atoms with Crippen LogP contribution in [0.15, 0.2) is 24.3 Å². The number of thioether (sulfide) groups is 1. The number of benzene rings is 1. The molecule has 130 valence electrons. The lowest BCUT2D eigenvalue weighted by Gasteiger charge is -2.44. The Kier molecular flexibility index (Phi) is 4.97. The van der Waals surface area contributed by atoms with E-state index in [1.807, 2.05) is 29.2 Å². The van der Waals surface area contributed by atoms with Crippen molar-refractivity contribution < 1.29 is 14.3 Å². The van der Waals surface area contributed by atoms with E-state index in [0.29, 0.717) is 18.8 Å². The monoisotopic (exact) mass is 368 g/mol. The molecule has 2 aliphatic rings. The first-order valence-corrected chi connectivity index (χ1v) is 9.43. The number of anilines is 1. The molecule has 3 rings (SSSR count). The first-order chi connectivity index (χ1) is 11.5. The zero-order valence-corrected chi connectivity index (χ0v) is 15.4. The number of carbonyl (C=O) groups excluding carboxylic acids is 2. The molecule has 1 spiro atoms. The summed E-state index contributed by atoms with van der Waals surface area (Å²) in [5.74, 6) is 1.34. The number of rotatable bonds is 3. The fraction of sp³-hybridized carbons (Fsp3) is 0.529. The summed E-state index contributed by atoms with van der Waals surface area (Å²) in [6.07, 6.45) is 1.51. The molecule has 0 radical (unpaired) electrons. The molecule has 2 saturated heterocycles. The van der Waals surface area contributed by atoms with E-state index in [-0.39, 0.29) is 16.7 Å². The second kappa shape index (κ2) is 6.84. The fourth-order valence-electron chi connectivity index (χ4n) is 3.36. The van der Waals surface area contributed by atoms with Crippen molar-refractivity contribution in [2.24, 2.45) is 0 Å². The Balaban J connectivity index is 1.79. The minimum Gasteiger partial charge on any atom is -0.497 e. The minimum absolute atomic E-state index is 0.0307. The lowest BCUT2D eigenvalue weighted by molar-refractivity contribution is -0.131. The van der Waals surface area contributed by atoms with Gasteiger partial charge in [-0.15, -0.1) is 23.4 Å². The van der Waals surface area contributed by atoms with E-state index in [4.69, 9.17) is 16.3 Å². The summed E-state index contributed by atoms with van der Waals surface area (Å²) in [4.78, 5) is 28.0. The van der Waals surface area contributed by atoms with Crippen LogP contribution in [0.25, 0.3) is 0 Å². The summed E-state index contributed by atoms with van der Waals surface area (Å²) >= 11 is 7.60. The predicted octanol–water partition coefficient (Wildman–Crippen LogP) is 2.72. The van der Waals surface area contributed by atoms with Crippen molar-refractivity contribution in [3.05, 3.63) is 24.3 Å². The van der Waals surface area contributed by atoms with E-state index in [0.717, 1.165) is 24.3 Å². The van der Waals surface area contributed by atoms with E-state index >= 15 is 0 Å². The van der Waals surface area contributed by atoms with Gasteiger partial charge in [0.05, 0.1) is 17.7 Å². The van der Waals surface area contributed by atoms with Crippen LogP contribution in [0.1, 0.15) is 19.8 Å². The summed E-state index contributed by atoms with van der Waals surface area (Å²) in [6.45, 7) is 2.96. The van der Waals surface area contributed by atoms with E-state index < -0.39 is 5.38 Å². The zero-order chi connectivity index (χ0) is 17.3. The number of nitrogens with zero attached hydrogens (tertiary/aromatic N) is 2. The Morgan fingerprint density at radius 3 is 2.46 bits per heavy atom. The maximum Gasteiger partial charge on any atom is 0.240 e. The van der Waals surface area contributed by atoms with Gasteiger partial charge in [0.2, 0.25) is 11.8 Å². The van der Waals surface area contributed by atoms with Crippen LogP contribution < -0.4 is 9.64 Å². The van der Waals surface area contributed by atoms with Gasteiger partial charge in [-0.25, -0.2) is 0 Å². The van der Waals surface area contributed by atoms with Crippen molar-refractivity contribution in [1.29, 1.82) is 0 Å². The van der Waals surface area contributed by atoms with Crippen molar-refractivity contribution in [1.82, 2.24) is 4.90 Å². The van der Waals surface area contributed by atoms with Gasteiger partial charge in [0.1, 0.15) is 11.1 Å². The molecule has 7 heteroatoms. The first-order valence-electron chi connectivity index (χ1n) is 8.01. The number of methoxy groups -OCH3 is 1. The Morgan fingerprint density at radius 1 is 1.29 bits per heavy atom. The van der Waals surface area contributed by atoms with Crippen LogP contribution in [0.4, 0.5) is 5.69 Å². The molecular weight excluding hydrogens is 348 g/mol. The molecule has 0 unspecified atom stereocenters. The fourth-order valence-corrected chi connectivity index (χ4v) is 4.83. The summed E-state index contributed by atoms with van der Waals surface area (Å²) in [7, 11) is 1.62. The highest BCUT2D eigenvalue weighted by atomic mass is 35.5. The van der Waals surface area contributed by atoms with E-state index in [1.54, 1.807) is 30.7 Å². The van der Waals surface area contributed by atoms with Gasteiger partial charge in [0, 0.05) is 18.8 Å². The number of alkyl halides is 1. The van der Waals surface area contributed by atoms with Crippen molar-refractivity contribution >= 4 is 40.9 Å². The highest BCUT2D eigenvalue weighted by Gasteiger charge is 2.49. The Bertz CT molecular complexity index is 627. The molecule has 1 aromatic carbocycles. The molecule has 0 aromatic heterocycles. The minimum atomic E-state index is -0.505. The second-order valence-electron chi connectivity index (χ2n) is 6.10. The first kappa shape index (κ1) is 17.4. The SMILES string of the molecule is COc1ccc(N2C(=O)CSC23CCN(C(=O)[C@@H](C)Cl)CC3)cc1. The van der Waals surface area contributed by atoms with Crippen molar-refractivity contribution in [3.8, 4) is 5.75 Å². The third-order valence-electron chi connectivity index (χ3n) is 4.65. The van der Waals surface area contributed by atoms with Gasteiger partial charge < -0.3 is 9.64 Å². The zero-order valence-electron chi connectivity index (χ0n) is 13.8. The topological polar surface area (TPSA) is 49.9 Å². The predicted molar refractivity (Wildman–Crippen MR) is 96.8 cm³/mol. The third-order valence-corrected chi connectivity index (χ3v) is 6.35. The largest absolute Gasteiger partial charge is 0.497 e. The van der Waals surface area contributed by atoms with Crippen molar-refractivity contribution in [3.63, 3.8) is 0 Å². The molecule has 0 saturated carbocycles. The lowest BCUT2D eigenvalue weighted by atomic mass is 10.0. The summed E-state index contributed by atoms with van der Waals surface area (Å²) in [5, 5.41) is -0.505. The van der Waals surface area contributed by atoms with E-state index in [1.165, 1.54) is 0 Å². The standard InChI is InChI=1S/C17H21ClN2O3S/c1-12(18)16(22)19-9-7-17(8-10-19)20(15(21)11-24-17)13-3-5-14(23-2)6-4-13/h3-6,12H,7-11H2,1-2H3/t12-/m1/s1. The van der Waals surface area contributed by atoms with Gasteiger partial charge in [0.15, 0.2) is 0 Å². The van der Waals surface area contributed by atoms with Gasteiger partial charge in [-0.2, -0.15) is 0 Å². The normalized spacial score (nSPS) is 21.2. The van der Waals surface area contributed by atoms with Crippen LogP contribution in [0.2, 0.25) is 0 Å². The van der Waals surface area contributed by atoms with Gasteiger partial charge in [-0.3, -0.25) is 14.5 Å². The van der Waals surface area contributed by atoms with Gasteiger partial charge in [-0.05, 0) is 44.0 Å². The number of hydrogen-bond acceptors (Lipinski definition) is 4. The second-order valence-corrected chi connectivity index (χ2v) is 8.10. The summed E-state index contributed by atoms with van der Waals surface area (Å²) in [5.41, 5.74) is 0.885. The van der Waals surface area contributed by atoms with E-state index in [2.05, 4.69) is 0 Å². The lowest BCUT2D eigenvalue weighted by Crippen LogP contribution is -2.54. The Morgan fingerprint density at radius 2 is 1.92 bits per heavy atom. The molecule has 2 fully saturated rings. The average Bonchev–Trinajstić information content (AvgIpc) is 2.91. The number of amides is 2. The third kappa shape index (κ3) is 3.09. The van der Waals surface area contributed by atoms with Gasteiger partial charge in [0.25, 0.3) is 0 Å². The molecule has 0 bridgehead atoms. The Hall–Kier alpha value is -1.40. The highest BCUT2D eigenvalue weighted by molar-refractivity contribution is 8.02. The number of likely N-dealkylation sites (tertiary alicyclic amines) is 1. The number of ether oxygens (including phenoxy) is 1. The molecule has 1 aromatic rings. The smallest absolute Gasteiger partial charge is 0.240 e. The summed E-state index contributed by atoms with van der Waals surface area (Å²) in [6, 6.07) is 7.58. The maximum absolute atomic E-state index is 12.5. The van der Waals surface area contributed by atoms with Crippen molar-refractivity contribution in [2.45, 2.75) is 30.0 Å². The molecule has 2 aliphatic heterocycles. The summed E-state index contributed by atoms with van der Waals surface area (Å²) < 4.78 is 5.19. The van der Waals surface area contributed by atoms with Crippen LogP contribution >= 0.6 is 23.4 Å². The van der Waals surface area contributed by atoms with Crippen LogP contribution in [0, 0.1) is 0 Å². The van der Waals surface area contributed by atoms with Crippen LogP contribution in [-0.4, -0.2) is 52.9 Å². The number of halogens is 1. The molecule has 1 atom stereocenters. The highest BCUT2D eigenvalue weighted by Crippen LogP contribution is 2.47. The molecule has 2 heterocycles. The van der Waals surface area contributed by atoms with Gasteiger partial charge >= 0.3 is 0 Å². The van der Waals surface area contributed by atoms with Crippen LogP contribution in [-0.2, 0) is 9.59 Å². The molecular formula is C17H21ClN2O3S. The molecule has 2 amide bonds. The molecule has 5 nitrogen and oxygen atoms in total. The maximum atomic E-state index is 12.5. The van der Waals surface area contributed by atoms with Crippen molar-refractivity contribution in [2.75, 3.05) is 30.9 Å². The Labute approximate surface area is 151 Å².